The van der Waals surface area contributed by atoms with Gasteiger partial charge in [-0.15, -0.1) is 0 Å². The van der Waals surface area contributed by atoms with Crippen LogP contribution in [0.2, 0.25) is 0 Å². The van der Waals surface area contributed by atoms with Gasteiger partial charge in [-0.05, 0) is 17.7 Å². The number of aromatic nitrogens is 2. The molecule has 0 aliphatic rings. The first-order chi connectivity index (χ1) is 12.9. The molecular formula is C16H15F2N5O3S. The van der Waals surface area contributed by atoms with Gasteiger partial charge in [0.2, 0.25) is 5.91 Å². The van der Waals surface area contributed by atoms with Crippen LogP contribution in [-0.2, 0) is 11.3 Å². The van der Waals surface area contributed by atoms with Crippen LogP contribution in [-0.4, -0.2) is 35.3 Å². The zero-order valence-corrected chi connectivity index (χ0v) is 14.9. The quantitative estimate of drug-likeness (QED) is 0.514. The van der Waals surface area contributed by atoms with Gasteiger partial charge in [0.15, 0.2) is 16.7 Å². The Bertz CT molecular complexity index is 860. The highest BCUT2D eigenvalue weighted by molar-refractivity contribution is 7.99. The summed E-state index contributed by atoms with van der Waals surface area (Å²) in [5, 5.41) is 11.7. The monoisotopic (exact) mass is 395 g/mol. The predicted molar refractivity (Wildman–Crippen MR) is 93.4 cm³/mol. The molecule has 27 heavy (non-hydrogen) atoms. The van der Waals surface area contributed by atoms with Crippen LogP contribution in [0.5, 0.6) is 11.5 Å². The molecule has 8 nitrogen and oxygen atoms in total. The van der Waals surface area contributed by atoms with Gasteiger partial charge in [0.1, 0.15) is 17.5 Å². The van der Waals surface area contributed by atoms with Crippen molar-refractivity contribution in [2.45, 2.75) is 18.3 Å². The van der Waals surface area contributed by atoms with Crippen LogP contribution in [0.4, 0.5) is 14.6 Å². The summed E-state index contributed by atoms with van der Waals surface area (Å²) in [4.78, 5) is 19.8. The van der Waals surface area contributed by atoms with Crippen molar-refractivity contribution in [3.05, 3.63) is 35.5 Å². The Morgan fingerprint density at radius 3 is 2.85 bits per heavy atom. The molecule has 1 aromatic carbocycles. The van der Waals surface area contributed by atoms with Crippen LogP contribution >= 0.6 is 11.8 Å². The fourth-order valence-corrected chi connectivity index (χ4v) is 2.58. The summed E-state index contributed by atoms with van der Waals surface area (Å²) in [7, 11) is 1.33. The first-order valence-electron chi connectivity index (χ1n) is 7.46. The first-order valence-corrected chi connectivity index (χ1v) is 8.45. The fraction of sp³-hybridized carbons (Fsp3) is 0.250. The lowest BCUT2D eigenvalue weighted by Crippen LogP contribution is -2.24. The first kappa shape index (κ1) is 20.2. The summed E-state index contributed by atoms with van der Waals surface area (Å²) in [5.74, 6) is -0.159. The normalized spacial score (nSPS) is 10.3. The number of anilines is 1. The largest absolute Gasteiger partial charge is 0.493 e. The summed E-state index contributed by atoms with van der Waals surface area (Å²) in [5.41, 5.74) is 6.39. The average Bonchev–Trinajstić information content (AvgIpc) is 2.65. The molecule has 1 amide bonds. The van der Waals surface area contributed by atoms with E-state index in [1.54, 1.807) is 0 Å². The summed E-state index contributed by atoms with van der Waals surface area (Å²) >= 11 is 1.06. The van der Waals surface area contributed by atoms with Gasteiger partial charge in [-0.3, -0.25) is 4.79 Å². The number of alkyl halides is 2. The Hall–Kier alpha value is -3.13. The molecule has 3 N–H and O–H groups in total. The van der Waals surface area contributed by atoms with E-state index in [9.17, 15) is 13.6 Å². The van der Waals surface area contributed by atoms with E-state index in [2.05, 4.69) is 20.0 Å². The average molecular weight is 395 g/mol. The second-order valence-electron chi connectivity index (χ2n) is 4.99. The van der Waals surface area contributed by atoms with E-state index in [1.165, 1.54) is 31.5 Å². The number of nitrogens with two attached hydrogens (primary N) is 1. The molecule has 0 saturated carbocycles. The molecule has 1 aromatic heterocycles. The lowest BCUT2D eigenvalue weighted by atomic mass is 10.2. The predicted octanol–water partition coefficient (Wildman–Crippen LogP) is 1.95. The Balaban J connectivity index is 1.88. The third-order valence-electron chi connectivity index (χ3n) is 3.18. The number of hydrogen-bond acceptors (Lipinski definition) is 8. The van der Waals surface area contributed by atoms with E-state index in [0.29, 0.717) is 5.56 Å². The molecule has 0 saturated heterocycles. The van der Waals surface area contributed by atoms with E-state index >= 15 is 0 Å². The Morgan fingerprint density at radius 1 is 1.44 bits per heavy atom. The van der Waals surface area contributed by atoms with E-state index in [0.717, 1.165) is 11.8 Å². The van der Waals surface area contributed by atoms with Gasteiger partial charge in [-0.2, -0.15) is 14.0 Å². The number of amides is 1. The number of thioether (sulfide) groups is 1. The molecule has 0 bridgehead atoms. The topological polar surface area (TPSA) is 123 Å². The highest BCUT2D eigenvalue weighted by Crippen LogP contribution is 2.29. The number of nitriles is 1. The second kappa shape index (κ2) is 9.54. The molecule has 0 aliphatic heterocycles. The number of nitrogens with zero attached hydrogens (tertiary/aromatic N) is 3. The van der Waals surface area contributed by atoms with E-state index in [4.69, 9.17) is 15.7 Å². The van der Waals surface area contributed by atoms with Gasteiger partial charge < -0.3 is 20.5 Å². The van der Waals surface area contributed by atoms with Crippen LogP contribution in [0.25, 0.3) is 0 Å². The lowest BCUT2D eigenvalue weighted by Gasteiger charge is -2.12. The third-order valence-corrected chi connectivity index (χ3v) is 4.04. The molecule has 0 radical (unpaired) electrons. The Morgan fingerprint density at radius 2 is 2.22 bits per heavy atom. The molecule has 2 aromatic rings. The highest BCUT2D eigenvalue weighted by Gasteiger charge is 2.12. The van der Waals surface area contributed by atoms with Crippen molar-refractivity contribution in [3.63, 3.8) is 0 Å². The number of methoxy groups -OCH3 is 1. The lowest BCUT2D eigenvalue weighted by molar-refractivity contribution is -0.118. The summed E-state index contributed by atoms with van der Waals surface area (Å²) in [6, 6.07) is 6.23. The van der Waals surface area contributed by atoms with Crippen LogP contribution in [0.1, 0.15) is 11.1 Å². The molecule has 2 rings (SSSR count). The maximum atomic E-state index is 12.3. The van der Waals surface area contributed by atoms with E-state index in [1.807, 2.05) is 6.07 Å². The van der Waals surface area contributed by atoms with Gasteiger partial charge in [0, 0.05) is 6.54 Å². The Labute approximate surface area is 157 Å². The zero-order valence-electron chi connectivity index (χ0n) is 14.1. The minimum Gasteiger partial charge on any atom is -0.493 e. The number of ether oxygens (including phenoxy) is 2. The number of nitrogens with one attached hydrogen (secondary N) is 1. The fourth-order valence-electron chi connectivity index (χ4n) is 1.93. The number of benzene rings is 1. The Kier molecular flexibility index (Phi) is 7.13. The van der Waals surface area contributed by atoms with Crippen molar-refractivity contribution in [1.29, 1.82) is 5.26 Å². The molecule has 0 unspecified atom stereocenters. The second-order valence-corrected chi connectivity index (χ2v) is 5.93. The number of nitrogen functional groups attached to an aromatic ring is 1. The summed E-state index contributed by atoms with van der Waals surface area (Å²) in [6.07, 6.45) is 1.29. The molecule has 142 valence electrons. The number of carbonyl (C=O) groups excluding carboxylic acids is 1. The maximum absolute atomic E-state index is 12.3. The van der Waals surface area contributed by atoms with Crippen molar-refractivity contribution in [2.24, 2.45) is 0 Å². The van der Waals surface area contributed by atoms with Crippen molar-refractivity contribution in [1.82, 2.24) is 15.3 Å². The van der Waals surface area contributed by atoms with Gasteiger partial charge in [-0.25, -0.2) is 9.97 Å². The standard InChI is InChI=1S/C16H15F2N5O3S/c1-25-12-4-9(2-3-11(12)26-15(17)18)6-21-13(24)8-27-16-22-7-10(5-19)14(20)23-16/h2-4,7,15H,6,8H2,1H3,(H,21,24)(H2,20,22,23). The highest BCUT2D eigenvalue weighted by atomic mass is 32.2. The van der Waals surface area contributed by atoms with Crippen molar-refractivity contribution < 1.29 is 23.0 Å². The SMILES string of the molecule is COc1cc(CNC(=O)CSc2ncc(C#N)c(N)n2)ccc1OC(F)F. The number of carbonyl (C=O) groups is 1. The minimum absolute atomic E-state index is 0.0368. The molecule has 0 aliphatic carbocycles. The van der Waals surface area contributed by atoms with Crippen LogP contribution < -0.4 is 20.5 Å². The summed E-state index contributed by atoms with van der Waals surface area (Å²) in [6.45, 7) is -2.79. The van der Waals surface area contributed by atoms with Crippen molar-refractivity contribution in [3.8, 4) is 17.6 Å². The van der Waals surface area contributed by atoms with Gasteiger partial charge >= 0.3 is 6.61 Å². The maximum Gasteiger partial charge on any atom is 0.387 e. The zero-order chi connectivity index (χ0) is 19.8. The van der Waals surface area contributed by atoms with E-state index in [-0.39, 0.29) is 46.2 Å². The smallest absolute Gasteiger partial charge is 0.387 e. The molecule has 1 heterocycles. The van der Waals surface area contributed by atoms with Crippen LogP contribution in [0.15, 0.2) is 29.6 Å². The molecular weight excluding hydrogens is 380 g/mol. The number of halogens is 2. The third kappa shape index (κ3) is 5.96. The van der Waals surface area contributed by atoms with Crippen LogP contribution in [0.3, 0.4) is 0 Å². The molecule has 0 fully saturated rings. The minimum atomic E-state index is -2.96. The van der Waals surface area contributed by atoms with Crippen LogP contribution in [0, 0.1) is 11.3 Å². The molecule has 0 spiro atoms. The summed E-state index contributed by atoms with van der Waals surface area (Å²) < 4.78 is 34.0. The van der Waals surface area contributed by atoms with Gasteiger partial charge in [-0.1, -0.05) is 17.8 Å². The van der Waals surface area contributed by atoms with E-state index < -0.39 is 6.61 Å². The number of hydrogen-bond donors (Lipinski definition) is 2. The van der Waals surface area contributed by atoms with Gasteiger partial charge in [0.05, 0.1) is 19.1 Å². The molecule has 11 heteroatoms. The van der Waals surface area contributed by atoms with Crippen molar-refractivity contribution >= 4 is 23.5 Å². The van der Waals surface area contributed by atoms with Crippen molar-refractivity contribution in [2.75, 3.05) is 18.6 Å². The molecule has 0 atom stereocenters. The van der Waals surface area contributed by atoms with Gasteiger partial charge in [0.25, 0.3) is 0 Å². The number of rotatable bonds is 8.